The van der Waals surface area contributed by atoms with Gasteiger partial charge in [-0.2, -0.15) is 26.3 Å². The third kappa shape index (κ3) is 6.29. The zero-order chi connectivity index (χ0) is 29.2. The summed E-state index contributed by atoms with van der Waals surface area (Å²) in [4.78, 5) is 0. The maximum absolute atomic E-state index is 14.1. The molecule has 4 nitrogen and oxygen atoms in total. The van der Waals surface area contributed by atoms with Gasteiger partial charge in [0.2, 0.25) is 0 Å². The van der Waals surface area contributed by atoms with Crippen molar-refractivity contribution in [3.05, 3.63) is 106 Å². The number of rotatable bonds is 8. The van der Waals surface area contributed by atoms with Crippen LogP contribution in [0.2, 0.25) is 0 Å². The Hall–Kier alpha value is -3.08. The van der Waals surface area contributed by atoms with Gasteiger partial charge in [0.25, 0.3) is 0 Å². The molecule has 0 radical (unpaired) electrons. The highest BCUT2D eigenvalue weighted by Crippen LogP contribution is 2.50. The first-order valence-electron chi connectivity index (χ1n) is 13.1. The van der Waals surface area contributed by atoms with Gasteiger partial charge in [-0.3, -0.25) is 0 Å². The molecule has 0 spiro atoms. The van der Waals surface area contributed by atoms with Crippen LogP contribution >= 0.6 is 0 Å². The second kappa shape index (κ2) is 11.4. The summed E-state index contributed by atoms with van der Waals surface area (Å²) in [5.74, 6) is -0.400. The van der Waals surface area contributed by atoms with Gasteiger partial charge in [0.15, 0.2) is 0 Å². The first-order chi connectivity index (χ1) is 18.8. The zero-order valence-electron chi connectivity index (χ0n) is 21.9. The van der Waals surface area contributed by atoms with Crippen LogP contribution in [-0.4, -0.2) is 29.4 Å². The fraction of sp³-hybridized carbons (Fsp3) is 0.400. The van der Waals surface area contributed by atoms with E-state index in [1.54, 1.807) is 24.3 Å². The summed E-state index contributed by atoms with van der Waals surface area (Å²) in [7, 11) is 0. The molecule has 3 aromatic carbocycles. The molecule has 1 aliphatic rings. The maximum Gasteiger partial charge on any atom is 0.416 e. The summed E-state index contributed by atoms with van der Waals surface area (Å²) in [6.07, 6.45) is -9.14. The Bertz CT molecular complexity index is 1220. The second-order valence-electron chi connectivity index (χ2n) is 10.3. The van der Waals surface area contributed by atoms with Gasteiger partial charge < -0.3 is 19.7 Å². The van der Waals surface area contributed by atoms with Crippen LogP contribution in [0, 0.1) is 11.1 Å². The van der Waals surface area contributed by atoms with Crippen molar-refractivity contribution in [3.8, 4) is 5.75 Å². The highest BCUT2D eigenvalue weighted by molar-refractivity contribution is 5.47. The summed E-state index contributed by atoms with van der Waals surface area (Å²) in [6, 6.07) is 15.4. The number of piperidine rings is 1. The molecule has 0 saturated carbocycles. The monoisotopic (exact) mass is 567 g/mol. The molecule has 1 saturated heterocycles. The molecule has 40 heavy (non-hydrogen) atoms. The van der Waals surface area contributed by atoms with E-state index >= 15 is 0 Å². The van der Waals surface area contributed by atoms with Gasteiger partial charge in [-0.15, -0.1) is 0 Å². The molecule has 0 amide bonds. The number of ether oxygens (including phenoxy) is 1. The summed E-state index contributed by atoms with van der Waals surface area (Å²) in [5.41, 5.74) is -5.64. The molecule has 3 aromatic rings. The number of benzene rings is 3. The SMILES string of the molecule is CCCOc1ccc(C[N+]2([O-])CCC(C(O)(c3ccccc3C(F)(F)F)c3ccccc3C(F)(F)F)CC2)cc1. The van der Waals surface area contributed by atoms with Gasteiger partial charge >= 0.3 is 12.4 Å². The zero-order valence-corrected chi connectivity index (χ0v) is 21.9. The average Bonchev–Trinajstić information content (AvgIpc) is 2.91. The fourth-order valence-corrected chi connectivity index (χ4v) is 5.57. The Kier molecular flexibility index (Phi) is 8.54. The van der Waals surface area contributed by atoms with Crippen LogP contribution in [0.15, 0.2) is 72.8 Å². The highest BCUT2D eigenvalue weighted by Gasteiger charge is 2.51. The minimum atomic E-state index is -4.92. The van der Waals surface area contributed by atoms with E-state index in [0.29, 0.717) is 12.4 Å². The fourth-order valence-electron chi connectivity index (χ4n) is 5.57. The number of aliphatic hydroxyl groups is 1. The summed E-state index contributed by atoms with van der Waals surface area (Å²) < 4.78 is 89.2. The van der Waals surface area contributed by atoms with Gasteiger partial charge in [-0.1, -0.05) is 43.3 Å². The number of nitrogens with zero attached hydrogens (tertiary/aromatic N) is 1. The van der Waals surface area contributed by atoms with Gasteiger partial charge in [-0.05, 0) is 42.8 Å². The van der Waals surface area contributed by atoms with Gasteiger partial charge in [0.05, 0.1) is 30.8 Å². The topological polar surface area (TPSA) is 52.5 Å². The predicted molar refractivity (Wildman–Crippen MR) is 138 cm³/mol. The molecule has 1 aliphatic heterocycles. The van der Waals surface area contributed by atoms with E-state index in [0.717, 1.165) is 48.4 Å². The number of halogens is 6. The van der Waals surface area contributed by atoms with Gasteiger partial charge in [-0.25, -0.2) is 0 Å². The molecule has 0 unspecified atom stereocenters. The van der Waals surface area contributed by atoms with Crippen LogP contribution in [0.25, 0.3) is 0 Å². The molecule has 10 heteroatoms. The van der Waals surface area contributed by atoms with Crippen molar-refractivity contribution in [2.75, 3.05) is 19.7 Å². The third-order valence-corrected chi connectivity index (χ3v) is 7.51. The second-order valence-corrected chi connectivity index (χ2v) is 10.3. The molecule has 4 rings (SSSR count). The van der Waals surface area contributed by atoms with Crippen molar-refractivity contribution in [2.45, 2.75) is 50.7 Å². The Morgan fingerprint density at radius 3 is 1.65 bits per heavy atom. The quantitative estimate of drug-likeness (QED) is 0.173. The van der Waals surface area contributed by atoms with E-state index < -0.39 is 50.8 Å². The highest BCUT2D eigenvalue weighted by atomic mass is 19.4. The Morgan fingerprint density at radius 1 is 0.775 bits per heavy atom. The van der Waals surface area contributed by atoms with Crippen molar-refractivity contribution >= 4 is 0 Å². The standard InChI is InChI=1S/C30H31F6NO3/c1-2-19-40-23-13-11-21(12-14-23)20-37(39)17-15-22(16-18-37)28(38,24-7-3-5-9-26(24)29(31,32)33)25-8-4-6-10-27(25)30(34,35)36/h3-14,22,38H,2,15-20H2,1H3. The van der Waals surface area contributed by atoms with Crippen molar-refractivity contribution in [1.82, 2.24) is 0 Å². The number of hydrogen-bond acceptors (Lipinski definition) is 3. The van der Waals surface area contributed by atoms with E-state index in [9.17, 15) is 36.7 Å². The van der Waals surface area contributed by atoms with Gasteiger partial charge in [0.1, 0.15) is 17.9 Å². The first-order valence-corrected chi connectivity index (χ1v) is 13.1. The van der Waals surface area contributed by atoms with Crippen molar-refractivity contribution in [2.24, 2.45) is 5.92 Å². The summed E-state index contributed by atoms with van der Waals surface area (Å²) in [6.45, 7) is 2.46. The largest absolute Gasteiger partial charge is 0.633 e. The molecule has 1 heterocycles. The van der Waals surface area contributed by atoms with Crippen LogP contribution in [0.4, 0.5) is 26.3 Å². The molecule has 0 aliphatic carbocycles. The smallest absolute Gasteiger partial charge is 0.416 e. The molecule has 1 N–H and O–H groups in total. The van der Waals surface area contributed by atoms with Crippen LogP contribution in [0.5, 0.6) is 5.75 Å². The average molecular weight is 568 g/mol. The lowest BCUT2D eigenvalue weighted by atomic mass is 9.69. The maximum atomic E-state index is 14.1. The molecular weight excluding hydrogens is 536 g/mol. The van der Waals surface area contributed by atoms with Crippen molar-refractivity contribution in [3.63, 3.8) is 0 Å². The Labute approximate surface area is 229 Å². The van der Waals surface area contributed by atoms with Crippen LogP contribution in [-0.2, 0) is 24.5 Å². The molecule has 0 bridgehead atoms. The number of likely N-dealkylation sites (tertiary alicyclic amines) is 1. The lowest BCUT2D eigenvalue weighted by molar-refractivity contribution is -0.900. The van der Waals surface area contributed by atoms with Crippen LogP contribution in [0.3, 0.4) is 0 Å². The normalized spacial score (nSPS) is 20.4. The van der Waals surface area contributed by atoms with E-state index in [2.05, 4.69) is 0 Å². The summed E-state index contributed by atoms with van der Waals surface area (Å²) >= 11 is 0. The predicted octanol–water partition coefficient (Wildman–Crippen LogP) is 7.67. The molecule has 0 aromatic heterocycles. The molecule has 1 fully saturated rings. The molecule has 0 atom stereocenters. The Morgan fingerprint density at radius 2 is 1.23 bits per heavy atom. The Balaban J connectivity index is 1.68. The number of alkyl halides is 6. The van der Waals surface area contributed by atoms with Crippen molar-refractivity contribution < 1.29 is 40.8 Å². The summed E-state index contributed by atoms with van der Waals surface area (Å²) in [5, 5.41) is 25.7. The van der Waals surface area contributed by atoms with Crippen LogP contribution in [0.1, 0.15) is 54.0 Å². The molecule has 216 valence electrons. The number of quaternary nitrogens is 1. The van der Waals surface area contributed by atoms with E-state index in [1.165, 1.54) is 12.1 Å². The van der Waals surface area contributed by atoms with E-state index in [-0.39, 0.29) is 32.5 Å². The molecular formula is C30H31F6NO3. The van der Waals surface area contributed by atoms with E-state index in [1.807, 2.05) is 6.92 Å². The van der Waals surface area contributed by atoms with Gasteiger partial charge in [0, 0.05) is 35.4 Å². The third-order valence-electron chi connectivity index (χ3n) is 7.51. The van der Waals surface area contributed by atoms with E-state index in [4.69, 9.17) is 4.74 Å². The lowest BCUT2D eigenvalue weighted by Crippen LogP contribution is -2.52. The number of hydrogen-bond donors (Lipinski definition) is 1. The number of hydroxylamine groups is 3. The lowest BCUT2D eigenvalue weighted by Gasteiger charge is -2.51. The van der Waals surface area contributed by atoms with Crippen molar-refractivity contribution in [1.29, 1.82) is 0 Å². The minimum Gasteiger partial charge on any atom is -0.633 e. The van der Waals surface area contributed by atoms with Crippen LogP contribution < -0.4 is 4.74 Å². The first kappa shape index (κ1) is 29.9. The minimum absolute atomic E-state index is 0.0733.